The predicted molar refractivity (Wildman–Crippen MR) is 72.4 cm³/mol. The normalized spacial score (nSPS) is 15.5. The summed E-state index contributed by atoms with van der Waals surface area (Å²) in [6.45, 7) is 3.74. The van der Waals surface area contributed by atoms with Gasteiger partial charge in [-0.15, -0.1) is 0 Å². The lowest BCUT2D eigenvalue weighted by molar-refractivity contribution is 0.0943. The molecule has 0 heterocycles. The van der Waals surface area contributed by atoms with E-state index in [4.69, 9.17) is 0 Å². The number of hydrogen-bond donors (Lipinski definition) is 2. The van der Waals surface area contributed by atoms with Crippen molar-refractivity contribution in [3.8, 4) is 0 Å². The number of rotatable bonds is 5. The van der Waals surface area contributed by atoms with E-state index in [-0.39, 0.29) is 22.9 Å². The smallest absolute Gasteiger partial charge is 0.251 e. The van der Waals surface area contributed by atoms with Gasteiger partial charge in [-0.25, -0.2) is 13.1 Å². The van der Waals surface area contributed by atoms with Crippen molar-refractivity contribution in [2.75, 3.05) is 0 Å². The Kier molecular flexibility index (Phi) is 3.91. The first-order valence-electron chi connectivity index (χ1n) is 6.32. The average Bonchev–Trinajstić information content (AvgIpc) is 3.11. The molecule has 0 aromatic heterocycles. The summed E-state index contributed by atoms with van der Waals surface area (Å²) in [6.07, 6.45) is 1.79. The van der Waals surface area contributed by atoms with Crippen LogP contribution in [0, 0.1) is 0 Å². The standard InChI is InChI=1S/C13H18N2O3S/c1-9(2)14-13(16)10-3-7-12(8-4-10)19(17,18)15-11-5-6-11/h3-4,7-9,11,15H,5-6H2,1-2H3,(H,14,16). The van der Waals surface area contributed by atoms with Crippen molar-refractivity contribution < 1.29 is 13.2 Å². The Morgan fingerprint density at radius 2 is 1.79 bits per heavy atom. The van der Waals surface area contributed by atoms with Crippen LogP contribution in [0.4, 0.5) is 0 Å². The van der Waals surface area contributed by atoms with Crippen molar-refractivity contribution in [3.05, 3.63) is 29.8 Å². The van der Waals surface area contributed by atoms with Gasteiger partial charge in [-0.05, 0) is 51.0 Å². The van der Waals surface area contributed by atoms with E-state index in [0.717, 1.165) is 12.8 Å². The van der Waals surface area contributed by atoms with Crippen molar-refractivity contribution in [1.29, 1.82) is 0 Å². The van der Waals surface area contributed by atoms with E-state index in [1.165, 1.54) is 24.3 Å². The number of benzene rings is 1. The monoisotopic (exact) mass is 282 g/mol. The number of amides is 1. The number of sulfonamides is 1. The molecule has 0 bridgehead atoms. The van der Waals surface area contributed by atoms with E-state index in [2.05, 4.69) is 10.0 Å². The maximum atomic E-state index is 11.9. The summed E-state index contributed by atoms with van der Waals surface area (Å²) < 4.78 is 26.5. The maximum absolute atomic E-state index is 11.9. The summed E-state index contributed by atoms with van der Waals surface area (Å²) >= 11 is 0. The minimum atomic E-state index is -3.44. The van der Waals surface area contributed by atoms with Crippen LogP contribution < -0.4 is 10.0 Å². The Hall–Kier alpha value is -1.40. The van der Waals surface area contributed by atoms with E-state index in [0.29, 0.717) is 5.56 Å². The molecule has 1 amide bonds. The van der Waals surface area contributed by atoms with Crippen LogP contribution in [0.15, 0.2) is 29.2 Å². The summed E-state index contributed by atoms with van der Waals surface area (Å²) in [6, 6.07) is 6.10. The highest BCUT2D eigenvalue weighted by Gasteiger charge is 2.27. The van der Waals surface area contributed by atoms with Crippen molar-refractivity contribution in [3.63, 3.8) is 0 Å². The number of carbonyl (C=O) groups excluding carboxylic acids is 1. The molecule has 6 heteroatoms. The third-order valence-electron chi connectivity index (χ3n) is 2.75. The van der Waals surface area contributed by atoms with Gasteiger partial charge in [-0.2, -0.15) is 0 Å². The van der Waals surface area contributed by atoms with Crippen LogP contribution in [0.5, 0.6) is 0 Å². The highest BCUT2D eigenvalue weighted by molar-refractivity contribution is 7.89. The van der Waals surface area contributed by atoms with Gasteiger partial charge in [-0.1, -0.05) is 0 Å². The Labute approximate surface area is 113 Å². The topological polar surface area (TPSA) is 75.3 Å². The highest BCUT2D eigenvalue weighted by atomic mass is 32.2. The fourth-order valence-corrected chi connectivity index (χ4v) is 2.92. The Bertz CT molecular complexity index is 560. The van der Waals surface area contributed by atoms with Gasteiger partial charge >= 0.3 is 0 Å². The van der Waals surface area contributed by atoms with Crippen LogP contribution in [-0.4, -0.2) is 26.4 Å². The zero-order valence-corrected chi connectivity index (χ0v) is 11.8. The minimum Gasteiger partial charge on any atom is -0.350 e. The molecular weight excluding hydrogens is 264 g/mol. The Morgan fingerprint density at radius 1 is 1.21 bits per heavy atom. The van der Waals surface area contributed by atoms with Crippen molar-refractivity contribution >= 4 is 15.9 Å². The Balaban J connectivity index is 2.11. The molecule has 0 aliphatic heterocycles. The van der Waals surface area contributed by atoms with Gasteiger partial charge in [0, 0.05) is 17.6 Å². The number of hydrogen-bond acceptors (Lipinski definition) is 3. The number of nitrogens with one attached hydrogen (secondary N) is 2. The average molecular weight is 282 g/mol. The molecule has 2 rings (SSSR count). The SMILES string of the molecule is CC(C)NC(=O)c1ccc(S(=O)(=O)NC2CC2)cc1. The van der Waals surface area contributed by atoms with Gasteiger partial charge in [0.1, 0.15) is 0 Å². The molecule has 1 aliphatic rings. The summed E-state index contributed by atoms with van der Waals surface area (Å²) in [5, 5.41) is 2.76. The highest BCUT2D eigenvalue weighted by Crippen LogP contribution is 2.22. The van der Waals surface area contributed by atoms with Gasteiger partial charge in [-0.3, -0.25) is 4.79 Å². The lowest BCUT2D eigenvalue weighted by Crippen LogP contribution is -2.30. The van der Waals surface area contributed by atoms with Crippen LogP contribution in [0.2, 0.25) is 0 Å². The van der Waals surface area contributed by atoms with Crippen LogP contribution in [0.25, 0.3) is 0 Å². The predicted octanol–water partition coefficient (Wildman–Crippen LogP) is 1.27. The van der Waals surface area contributed by atoms with Gasteiger partial charge in [0.15, 0.2) is 0 Å². The molecule has 1 aliphatic carbocycles. The first kappa shape index (κ1) is 14.0. The first-order valence-corrected chi connectivity index (χ1v) is 7.80. The maximum Gasteiger partial charge on any atom is 0.251 e. The van der Waals surface area contributed by atoms with Crippen LogP contribution >= 0.6 is 0 Å². The van der Waals surface area contributed by atoms with Gasteiger partial charge in [0.2, 0.25) is 10.0 Å². The molecule has 0 radical (unpaired) electrons. The van der Waals surface area contributed by atoms with Crippen LogP contribution in [-0.2, 0) is 10.0 Å². The molecule has 0 atom stereocenters. The molecule has 1 saturated carbocycles. The van der Waals surface area contributed by atoms with Crippen molar-refractivity contribution in [1.82, 2.24) is 10.0 Å². The quantitative estimate of drug-likeness (QED) is 0.854. The van der Waals surface area contributed by atoms with E-state index in [9.17, 15) is 13.2 Å². The molecule has 5 nitrogen and oxygen atoms in total. The summed E-state index contributed by atoms with van der Waals surface area (Å²) in [4.78, 5) is 11.9. The van der Waals surface area contributed by atoms with E-state index in [1.54, 1.807) is 0 Å². The zero-order valence-electron chi connectivity index (χ0n) is 11.0. The molecule has 1 aromatic rings. The number of carbonyl (C=O) groups is 1. The van der Waals surface area contributed by atoms with Crippen molar-refractivity contribution in [2.24, 2.45) is 0 Å². The van der Waals surface area contributed by atoms with Crippen LogP contribution in [0.1, 0.15) is 37.0 Å². The lowest BCUT2D eigenvalue weighted by Gasteiger charge is -2.09. The molecule has 1 aromatic carbocycles. The largest absolute Gasteiger partial charge is 0.350 e. The Morgan fingerprint density at radius 3 is 2.26 bits per heavy atom. The third-order valence-corrected chi connectivity index (χ3v) is 4.28. The molecule has 104 valence electrons. The first-order chi connectivity index (χ1) is 8.88. The lowest BCUT2D eigenvalue weighted by atomic mass is 10.2. The van der Waals surface area contributed by atoms with E-state index >= 15 is 0 Å². The summed E-state index contributed by atoms with van der Waals surface area (Å²) in [5.74, 6) is -0.200. The fraction of sp³-hybridized carbons (Fsp3) is 0.462. The minimum absolute atomic E-state index is 0.0486. The van der Waals surface area contributed by atoms with Crippen molar-refractivity contribution in [2.45, 2.75) is 43.7 Å². The molecule has 0 spiro atoms. The summed E-state index contributed by atoms with van der Waals surface area (Å²) in [5.41, 5.74) is 0.457. The van der Waals surface area contributed by atoms with E-state index < -0.39 is 10.0 Å². The third kappa shape index (κ3) is 3.78. The fourth-order valence-electron chi connectivity index (χ4n) is 1.62. The molecule has 2 N–H and O–H groups in total. The second-order valence-electron chi connectivity index (χ2n) is 5.05. The molecule has 0 saturated heterocycles. The van der Waals surface area contributed by atoms with Gasteiger partial charge in [0.25, 0.3) is 5.91 Å². The molecule has 1 fully saturated rings. The zero-order chi connectivity index (χ0) is 14.0. The molecular formula is C13H18N2O3S. The summed E-state index contributed by atoms with van der Waals surface area (Å²) in [7, 11) is -3.44. The molecule has 0 unspecified atom stereocenters. The second kappa shape index (κ2) is 5.30. The van der Waals surface area contributed by atoms with Crippen LogP contribution in [0.3, 0.4) is 0 Å². The van der Waals surface area contributed by atoms with Gasteiger partial charge < -0.3 is 5.32 Å². The van der Waals surface area contributed by atoms with Gasteiger partial charge in [0.05, 0.1) is 4.90 Å². The molecule has 19 heavy (non-hydrogen) atoms. The van der Waals surface area contributed by atoms with E-state index in [1.807, 2.05) is 13.8 Å². The second-order valence-corrected chi connectivity index (χ2v) is 6.76.